The van der Waals surface area contributed by atoms with Crippen molar-refractivity contribution in [2.24, 2.45) is 0 Å². The van der Waals surface area contributed by atoms with E-state index in [0.29, 0.717) is 6.54 Å². The fourth-order valence-corrected chi connectivity index (χ4v) is 5.33. The molecule has 1 aliphatic carbocycles. The Morgan fingerprint density at radius 1 is 1.31 bits per heavy atom. The van der Waals surface area contributed by atoms with Crippen LogP contribution >= 0.6 is 11.3 Å². The first kappa shape index (κ1) is 16.2. The molecule has 26 heavy (non-hydrogen) atoms. The van der Waals surface area contributed by atoms with Gasteiger partial charge < -0.3 is 10.6 Å². The van der Waals surface area contributed by atoms with Crippen molar-refractivity contribution in [2.45, 2.75) is 44.3 Å². The monoisotopic (exact) mass is 370 g/mol. The number of hydrogen-bond donors (Lipinski definition) is 2. The van der Waals surface area contributed by atoms with Crippen molar-refractivity contribution in [3.05, 3.63) is 51.1 Å². The number of thiazole rings is 1. The second-order valence-electron chi connectivity index (χ2n) is 7.08. The average Bonchev–Trinajstić information content (AvgIpc) is 3.37. The summed E-state index contributed by atoms with van der Waals surface area (Å²) < 4.78 is 3.82. The highest BCUT2D eigenvalue weighted by Gasteiger charge is 2.28. The van der Waals surface area contributed by atoms with Gasteiger partial charge in [0.2, 0.25) is 0 Å². The highest BCUT2D eigenvalue weighted by Crippen LogP contribution is 2.28. The van der Waals surface area contributed by atoms with Crippen LogP contribution in [0.25, 0.3) is 4.96 Å². The van der Waals surface area contributed by atoms with Crippen LogP contribution in [-0.2, 0) is 19.4 Å². The Bertz CT molecular complexity index is 976. The number of aryl methyl sites for hydroxylation is 2. The normalized spacial score (nSPS) is 22.8. The molecule has 5 rings (SSSR count). The molecular weight excluding hydrogens is 348 g/mol. The molecule has 4 heterocycles. The van der Waals surface area contributed by atoms with Crippen LogP contribution in [0.5, 0.6) is 0 Å². The Kier molecular flexibility index (Phi) is 4.11. The maximum Gasteiger partial charge on any atom is 0.259 e. The number of rotatable bonds is 4. The molecule has 3 aromatic rings. The van der Waals surface area contributed by atoms with E-state index in [0.717, 1.165) is 43.0 Å². The van der Waals surface area contributed by atoms with E-state index in [-0.39, 0.29) is 17.6 Å². The van der Waals surface area contributed by atoms with Crippen LogP contribution in [0.1, 0.15) is 35.1 Å². The Morgan fingerprint density at radius 2 is 2.23 bits per heavy atom. The Morgan fingerprint density at radius 3 is 3.12 bits per heavy atom. The molecule has 136 valence electrons. The SMILES string of the molecule is O=c1cc(CN[C@@H]2CNC[C@@H]2n2cccn2)nc2sc3c(n12)CCCC3. The van der Waals surface area contributed by atoms with Gasteiger partial charge in [0.05, 0.1) is 11.7 Å². The van der Waals surface area contributed by atoms with Crippen molar-refractivity contribution in [2.75, 3.05) is 13.1 Å². The Hall–Kier alpha value is -2.03. The smallest absolute Gasteiger partial charge is 0.259 e. The van der Waals surface area contributed by atoms with Crippen LogP contribution in [0, 0.1) is 0 Å². The summed E-state index contributed by atoms with van der Waals surface area (Å²) >= 11 is 1.68. The van der Waals surface area contributed by atoms with E-state index < -0.39 is 0 Å². The van der Waals surface area contributed by atoms with Gasteiger partial charge in [0.15, 0.2) is 4.96 Å². The van der Waals surface area contributed by atoms with Crippen molar-refractivity contribution >= 4 is 16.3 Å². The molecular formula is C18H22N6OS. The van der Waals surface area contributed by atoms with E-state index in [1.807, 2.05) is 27.5 Å². The summed E-state index contributed by atoms with van der Waals surface area (Å²) in [5, 5.41) is 11.3. The minimum atomic E-state index is 0.0550. The lowest BCUT2D eigenvalue weighted by atomic mass is 10.0. The van der Waals surface area contributed by atoms with Gasteiger partial charge in [-0.2, -0.15) is 5.10 Å². The number of fused-ring (bicyclic) bond motifs is 3. The van der Waals surface area contributed by atoms with Gasteiger partial charge in [0.1, 0.15) is 0 Å². The first-order valence-corrected chi connectivity index (χ1v) is 10.1. The van der Waals surface area contributed by atoms with Crippen LogP contribution in [0.15, 0.2) is 29.3 Å². The number of aromatic nitrogens is 4. The molecule has 0 bridgehead atoms. The van der Waals surface area contributed by atoms with Crippen LogP contribution < -0.4 is 16.2 Å². The summed E-state index contributed by atoms with van der Waals surface area (Å²) in [6.07, 6.45) is 8.26. The fourth-order valence-electron chi connectivity index (χ4n) is 4.10. The third-order valence-corrected chi connectivity index (χ3v) is 6.55. The van der Waals surface area contributed by atoms with E-state index in [1.54, 1.807) is 17.4 Å². The molecule has 3 aromatic heterocycles. The summed E-state index contributed by atoms with van der Waals surface area (Å²) in [5.41, 5.74) is 2.06. The van der Waals surface area contributed by atoms with Crippen LogP contribution in [0.2, 0.25) is 0 Å². The fraction of sp³-hybridized carbons (Fsp3) is 0.500. The topological polar surface area (TPSA) is 76.2 Å². The molecule has 1 saturated heterocycles. The lowest BCUT2D eigenvalue weighted by Gasteiger charge is -2.20. The van der Waals surface area contributed by atoms with Gasteiger partial charge in [0.25, 0.3) is 5.56 Å². The van der Waals surface area contributed by atoms with Crippen LogP contribution in [-0.4, -0.2) is 38.3 Å². The lowest BCUT2D eigenvalue weighted by Crippen LogP contribution is -2.37. The molecule has 2 N–H and O–H groups in total. The van der Waals surface area contributed by atoms with Gasteiger partial charge in [-0.15, -0.1) is 11.3 Å². The zero-order valence-electron chi connectivity index (χ0n) is 14.5. The largest absolute Gasteiger partial charge is 0.313 e. The summed E-state index contributed by atoms with van der Waals surface area (Å²) in [5.74, 6) is 0. The van der Waals surface area contributed by atoms with E-state index in [1.165, 1.54) is 17.0 Å². The predicted molar refractivity (Wildman–Crippen MR) is 101 cm³/mol. The molecule has 0 unspecified atom stereocenters. The number of nitrogens with one attached hydrogen (secondary N) is 2. The molecule has 1 aliphatic heterocycles. The molecule has 1 fully saturated rings. The lowest BCUT2D eigenvalue weighted by molar-refractivity contribution is 0.386. The van der Waals surface area contributed by atoms with Crippen molar-refractivity contribution in [1.29, 1.82) is 0 Å². The zero-order chi connectivity index (χ0) is 17.5. The highest BCUT2D eigenvalue weighted by atomic mass is 32.1. The third-order valence-electron chi connectivity index (χ3n) is 5.41. The van der Waals surface area contributed by atoms with E-state index in [4.69, 9.17) is 4.98 Å². The van der Waals surface area contributed by atoms with E-state index >= 15 is 0 Å². The van der Waals surface area contributed by atoms with Crippen LogP contribution in [0.3, 0.4) is 0 Å². The second kappa shape index (κ2) is 6.61. The molecule has 0 amide bonds. The van der Waals surface area contributed by atoms with Crippen molar-refractivity contribution in [3.8, 4) is 0 Å². The summed E-state index contributed by atoms with van der Waals surface area (Å²) in [7, 11) is 0. The Balaban J connectivity index is 1.37. The maximum absolute atomic E-state index is 12.7. The van der Waals surface area contributed by atoms with Crippen molar-refractivity contribution < 1.29 is 0 Å². The molecule has 2 aliphatic rings. The van der Waals surface area contributed by atoms with Gasteiger partial charge >= 0.3 is 0 Å². The zero-order valence-corrected chi connectivity index (χ0v) is 15.3. The quantitative estimate of drug-likeness (QED) is 0.720. The maximum atomic E-state index is 12.7. The molecule has 0 aromatic carbocycles. The average molecular weight is 370 g/mol. The third kappa shape index (κ3) is 2.78. The van der Waals surface area contributed by atoms with Crippen LogP contribution in [0.4, 0.5) is 0 Å². The van der Waals surface area contributed by atoms with E-state index in [9.17, 15) is 4.79 Å². The summed E-state index contributed by atoms with van der Waals surface area (Å²) in [6, 6.07) is 4.19. The van der Waals surface area contributed by atoms with Gasteiger partial charge in [-0.05, 0) is 31.7 Å². The second-order valence-corrected chi connectivity index (χ2v) is 8.14. The minimum absolute atomic E-state index is 0.0550. The Labute approximate surface area is 155 Å². The summed E-state index contributed by atoms with van der Waals surface area (Å²) in [6.45, 7) is 2.38. The molecule has 0 spiro atoms. The standard InChI is InChI=1S/C18H22N6OS/c25-17-8-12(22-18-24(17)14-4-1-2-5-16(14)26-18)9-20-13-10-19-11-15(13)23-7-3-6-21-23/h3,6-8,13,15,19-20H,1-2,4-5,9-11H2/t13-,15+/m1/s1. The molecule has 2 atom stereocenters. The number of nitrogens with zero attached hydrogens (tertiary/aromatic N) is 4. The van der Waals surface area contributed by atoms with E-state index in [2.05, 4.69) is 15.7 Å². The first-order valence-electron chi connectivity index (χ1n) is 9.26. The number of hydrogen-bond acceptors (Lipinski definition) is 6. The van der Waals surface area contributed by atoms with Gasteiger partial charge in [0, 0.05) is 54.7 Å². The van der Waals surface area contributed by atoms with Crippen molar-refractivity contribution in [3.63, 3.8) is 0 Å². The summed E-state index contributed by atoms with van der Waals surface area (Å²) in [4.78, 5) is 19.6. The minimum Gasteiger partial charge on any atom is -0.313 e. The molecule has 7 nitrogen and oxygen atoms in total. The molecule has 0 radical (unpaired) electrons. The highest BCUT2D eigenvalue weighted by molar-refractivity contribution is 7.17. The predicted octanol–water partition coefficient (Wildman–Crippen LogP) is 1.13. The van der Waals surface area contributed by atoms with Gasteiger partial charge in [-0.1, -0.05) is 0 Å². The first-order chi connectivity index (χ1) is 12.8. The van der Waals surface area contributed by atoms with Crippen molar-refractivity contribution in [1.82, 2.24) is 29.8 Å². The van der Waals surface area contributed by atoms with Gasteiger partial charge in [-0.25, -0.2) is 4.98 Å². The van der Waals surface area contributed by atoms with Gasteiger partial charge in [-0.3, -0.25) is 13.9 Å². The molecule has 8 heteroatoms. The molecule has 0 saturated carbocycles.